The highest BCUT2D eigenvalue weighted by molar-refractivity contribution is 4.85. The Labute approximate surface area is 86.6 Å². The van der Waals surface area contributed by atoms with Gasteiger partial charge in [0.15, 0.2) is 0 Å². The molecule has 2 rings (SSSR count). The van der Waals surface area contributed by atoms with Crippen molar-refractivity contribution in [1.82, 2.24) is 10.6 Å². The number of methoxy groups -OCH3 is 1. The molecule has 2 fully saturated rings. The Morgan fingerprint density at radius 3 is 2.29 bits per heavy atom. The second kappa shape index (κ2) is 5.10. The Balaban J connectivity index is 1.36. The molecule has 2 aliphatic rings. The summed E-state index contributed by atoms with van der Waals surface area (Å²) in [5.74, 6) is 0. The Bertz CT molecular complexity index is 165. The first-order valence-corrected chi connectivity index (χ1v) is 5.88. The summed E-state index contributed by atoms with van der Waals surface area (Å²) in [6.45, 7) is 2.33. The van der Waals surface area contributed by atoms with Crippen LogP contribution < -0.4 is 10.6 Å². The Morgan fingerprint density at radius 1 is 1.07 bits per heavy atom. The summed E-state index contributed by atoms with van der Waals surface area (Å²) in [4.78, 5) is 0. The third-order valence-corrected chi connectivity index (χ3v) is 3.23. The van der Waals surface area contributed by atoms with Crippen LogP contribution in [-0.2, 0) is 4.74 Å². The first-order chi connectivity index (χ1) is 6.88. The van der Waals surface area contributed by atoms with E-state index in [-0.39, 0.29) is 0 Å². The Kier molecular flexibility index (Phi) is 3.79. The van der Waals surface area contributed by atoms with E-state index < -0.39 is 0 Å². The lowest BCUT2D eigenvalue weighted by Gasteiger charge is -2.34. The largest absolute Gasteiger partial charge is 0.381 e. The highest BCUT2D eigenvalue weighted by Gasteiger charge is 2.28. The molecular formula is C11H22N2O. The van der Waals surface area contributed by atoms with Crippen LogP contribution in [0.25, 0.3) is 0 Å². The fourth-order valence-corrected chi connectivity index (χ4v) is 1.91. The van der Waals surface area contributed by atoms with Gasteiger partial charge in [0.1, 0.15) is 0 Å². The van der Waals surface area contributed by atoms with Crippen LogP contribution in [0.3, 0.4) is 0 Å². The van der Waals surface area contributed by atoms with Gasteiger partial charge in [0, 0.05) is 19.2 Å². The van der Waals surface area contributed by atoms with Gasteiger partial charge in [-0.3, -0.25) is 0 Å². The minimum Gasteiger partial charge on any atom is -0.381 e. The predicted molar refractivity (Wildman–Crippen MR) is 57.5 cm³/mol. The van der Waals surface area contributed by atoms with Crippen LogP contribution in [0.4, 0.5) is 0 Å². The van der Waals surface area contributed by atoms with Crippen molar-refractivity contribution in [3.63, 3.8) is 0 Å². The highest BCUT2D eigenvalue weighted by Crippen LogP contribution is 2.22. The summed E-state index contributed by atoms with van der Waals surface area (Å²) in [6.07, 6.45) is 6.97. The fraction of sp³-hybridized carbons (Fsp3) is 1.00. The van der Waals surface area contributed by atoms with E-state index in [1.165, 1.54) is 38.6 Å². The molecule has 3 heteroatoms. The van der Waals surface area contributed by atoms with Crippen molar-refractivity contribution in [2.75, 3.05) is 20.2 Å². The van der Waals surface area contributed by atoms with Gasteiger partial charge in [-0.15, -0.1) is 0 Å². The first-order valence-electron chi connectivity index (χ1n) is 5.88. The van der Waals surface area contributed by atoms with Gasteiger partial charge in [-0.2, -0.15) is 0 Å². The monoisotopic (exact) mass is 198 g/mol. The van der Waals surface area contributed by atoms with Crippen molar-refractivity contribution in [3.05, 3.63) is 0 Å². The molecule has 0 bridgehead atoms. The van der Waals surface area contributed by atoms with Crippen LogP contribution in [0.2, 0.25) is 0 Å². The van der Waals surface area contributed by atoms with E-state index in [2.05, 4.69) is 10.6 Å². The molecule has 3 nitrogen and oxygen atoms in total. The summed E-state index contributed by atoms with van der Waals surface area (Å²) < 4.78 is 5.23. The van der Waals surface area contributed by atoms with E-state index in [1.807, 2.05) is 0 Å². The number of hydrogen-bond acceptors (Lipinski definition) is 3. The maximum absolute atomic E-state index is 5.23. The second-order valence-electron chi connectivity index (χ2n) is 4.56. The zero-order valence-electron chi connectivity index (χ0n) is 9.09. The van der Waals surface area contributed by atoms with Gasteiger partial charge in [0.25, 0.3) is 0 Å². The maximum atomic E-state index is 5.23. The molecule has 2 N–H and O–H groups in total. The van der Waals surface area contributed by atoms with Gasteiger partial charge >= 0.3 is 0 Å². The average molecular weight is 198 g/mol. The van der Waals surface area contributed by atoms with Crippen molar-refractivity contribution in [2.45, 2.75) is 50.3 Å². The summed E-state index contributed by atoms with van der Waals surface area (Å²) in [6, 6.07) is 1.58. The topological polar surface area (TPSA) is 33.3 Å². The maximum Gasteiger partial charge on any atom is 0.0601 e. The van der Waals surface area contributed by atoms with Crippen LogP contribution in [0.1, 0.15) is 32.1 Å². The van der Waals surface area contributed by atoms with E-state index in [0.29, 0.717) is 6.10 Å². The Hall–Kier alpha value is -0.120. The summed E-state index contributed by atoms with van der Waals surface area (Å²) in [5, 5.41) is 7.08. The van der Waals surface area contributed by atoms with Crippen LogP contribution in [-0.4, -0.2) is 38.4 Å². The van der Waals surface area contributed by atoms with Crippen molar-refractivity contribution < 1.29 is 4.74 Å². The zero-order valence-corrected chi connectivity index (χ0v) is 9.09. The summed E-state index contributed by atoms with van der Waals surface area (Å²) in [5.41, 5.74) is 0. The van der Waals surface area contributed by atoms with Crippen molar-refractivity contribution in [1.29, 1.82) is 0 Å². The molecule has 0 unspecified atom stereocenters. The molecule has 2 aliphatic carbocycles. The molecular weight excluding hydrogens is 176 g/mol. The molecule has 0 radical (unpaired) electrons. The first kappa shape index (κ1) is 10.4. The summed E-state index contributed by atoms with van der Waals surface area (Å²) in [7, 11) is 1.81. The van der Waals surface area contributed by atoms with Crippen molar-refractivity contribution in [2.24, 2.45) is 0 Å². The summed E-state index contributed by atoms with van der Waals surface area (Å²) >= 11 is 0. The Morgan fingerprint density at radius 2 is 1.71 bits per heavy atom. The van der Waals surface area contributed by atoms with Gasteiger partial charge in [0.2, 0.25) is 0 Å². The molecule has 0 spiro atoms. The lowest BCUT2D eigenvalue weighted by atomic mass is 9.89. The fourth-order valence-electron chi connectivity index (χ4n) is 1.91. The predicted octanol–water partition coefficient (Wildman–Crippen LogP) is 0.895. The lowest BCUT2D eigenvalue weighted by Crippen LogP contribution is -2.45. The number of hydrogen-bond donors (Lipinski definition) is 2. The number of nitrogens with one attached hydrogen (secondary N) is 2. The van der Waals surface area contributed by atoms with Gasteiger partial charge in [0.05, 0.1) is 6.10 Å². The van der Waals surface area contributed by atoms with E-state index in [1.54, 1.807) is 7.11 Å². The molecule has 0 aromatic carbocycles. The molecule has 82 valence electrons. The van der Waals surface area contributed by atoms with E-state index >= 15 is 0 Å². The van der Waals surface area contributed by atoms with E-state index in [0.717, 1.165) is 18.6 Å². The number of rotatable bonds is 7. The van der Waals surface area contributed by atoms with Crippen molar-refractivity contribution >= 4 is 0 Å². The van der Waals surface area contributed by atoms with Gasteiger partial charge in [-0.05, 0) is 45.2 Å². The second-order valence-corrected chi connectivity index (χ2v) is 4.56. The zero-order chi connectivity index (χ0) is 9.80. The van der Waals surface area contributed by atoms with Crippen LogP contribution in [0.5, 0.6) is 0 Å². The van der Waals surface area contributed by atoms with Gasteiger partial charge in [-0.25, -0.2) is 0 Å². The molecule has 0 atom stereocenters. The molecule has 0 heterocycles. The highest BCUT2D eigenvalue weighted by atomic mass is 16.5. The average Bonchev–Trinajstić information content (AvgIpc) is 2.91. The lowest BCUT2D eigenvalue weighted by molar-refractivity contribution is 0.0175. The minimum absolute atomic E-state index is 0.525. The van der Waals surface area contributed by atoms with Crippen molar-refractivity contribution in [3.8, 4) is 0 Å². The van der Waals surface area contributed by atoms with E-state index in [9.17, 15) is 0 Å². The van der Waals surface area contributed by atoms with Crippen LogP contribution >= 0.6 is 0 Å². The SMILES string of the molecule is COC1CC(NCCCNC2CC2)C1. The molecule has 0 aromatic rings. The quantitative estimate of drug-likeness (QED) is 0.596. The third kappa shape index (κ3) is 3.23. The van der Waals surface area contributed by atoms with Crippen LogP contribution in [0.15, 0.2) is 0 Å². The number of ether oxygens (including phenoxy) is 1. The third-order valence-electron chi connectivity index (χ3n) is 3.23. The molecule has 0 aromatic heterocycles. The molecule has 0 saturated heterocycles. The minimum atomic E-state index is 0.525. The molecule has 14 heavy (non-hydrogen) atoms. The van der Waals surface area contributed by atoms with E-state index in [4.69, 9.17) is 4.74 Å². The molecule has 0 amide bonds. The smallest absolute Gasteiger partial charge is 0.0601 e. The van der Waals surface area contributed by atoms with Crippen LogP contribution in [0, 0.1) is 0 Å². The van der Waals surface area contributed by atoms with Gasteiger partial charge < -0.3 is 15.4 Å². The standard InChI is InChI=1S/C11H22N2O/c1-14-11-7-10(8-11)13-6-2-5-12-9-3-4-9/h9-13H,2-8H2,1H3. The van der Waals surface area contributed by atoms with Gasteiger partial charge in [-0.1, -0.05) is 0 Å². The molecule has 0 aliphatic heterocycles. The normalized spacial score (nSPS) is 31.5. The molecule has 2 saturated carbocycles.